The van der Waals surface area contributed by atoms with Crippen molar-refractivity contribution in [2.24, 2.45) is 0 Å². The fraction of sp³-hybridized carbons (Fsp3) is 0.588. The molecule has 0 atom stereocenters. The van der Waals surface area contributed by atoms with E-state index in [0.29, 0.717) is 37.6 Å². The second kappa shape index (κ2) is 8.16. The number of carbonyl (C=O) groups is 1. The van der Waals surface area contributed by atoms with E-state index in [1.54, 1.807) is 24.3 Å². The lowest BCUT2D eigenvalue weighted by atomic mass is 10.1. The number of hydrogen-bond acceptors (Lipinski definition) is 4. The van der Waals surface area contributed by atoms with Gasteiger partial charge in [-0.25, -0.2) is 8.42 Å². The van der Waals surface area contributed by atoms with Crippen LogP contribution in [0.15, 0.2) is 33.6 Å². The molecular weight excluding hydrogens is 406 g/mol. The zero-order valence-corrected chi connectivity index (χ0v) is 16.6. The van der Waals surface area contributed by atoms with Crippen molar-refractivity contribution in [3.63, 3.8) is 0 Å². The third kappa shape index (κ3) is 4.61. The zero-order chi connectivity index (χ0) is 17.9. The Morgan fingerprint density at radius 2 is 1.52 bits per heavy atom. The zero-order valence-electron chi connectivity index (χ0n) is 14.2. The Bertz CT molecular complexity index is 694. The molecule has 0 aromatic heterocycles. The molecule has 2 aliphatic rings. The van der Waals surface area contributed by atoms with Gasteiger partial charge < -0.3 is 4.90 Å². The van der Waals surface area contributed by atoms with Crippen LogP contribution < -0.4 is 0 Å². The minimum Gasteiger partial charge on any atom is -0.342 e. The van der Waals surface area contributed by atoms with Crippen LogP contribution in [0.1, 0.15) is 19.3 Å². The van der Waals surface area contributed by atoms with E-state index >= 15 is 0 Å². The van der Waals surface area contributed by atoms with Gasteiger partial charge in [-0.3, -0.25) is 9.69 Å². The van der Waals surface area contributed by atoms with Crippen LogP contribution in [0.25, 0.3) is 0 Å². The first-order chi connectivity index (χ1) is 12.0. The van der Waals surface area contributed by atoms with E-state index in [1.807, 2.05) is 4.90 Å². The molecule has 0 saturated carbocycles. The van der Waals surface area contributed by atoms with E-state index in [4.69, 9.17) is 0 Å². The lowest BCUT2D eigenvalue weighted by Gasteiger charge is -2.35. The van der Waals surface area contributed by atoms with Crippen molar-refractivity contribution in [2.45, 2.75) is 24.2 Å². The van der Waals surface area contributed by atoms with Gasteiger partial charge in [0.2, 0.25) is 15.9 Å². The van der Waals surface area contributed by atoms with Gasteiger partial charge in [-0.1, -0.05) is 15.9 Å². The summed E-state index contributed by atoms with van der Waals surface area (Å²) in [6.07, 6.45) is 3.38. The van der Waals surface area contributed by atoms with Gasteiger partial charge in [0.1, 0.15) is 0 Å². The number of sulfonamides is 1. The Hall–Kier alpha value is -0.960. The number of hydrogen-bond donors (Lipinski definition) is 0. The summed E-state index contributed by atoms with van der Waals surface area (Å²) in [6, 6.07) is 6.71. The minimum atomic E-state index is -3.46. The average molecular weight is 430 g/mol. The highest BCUT2D eigenvalue weighted by molar-refractivity contribution is 9.10. The van der Waals surface area contributed by atoms with Crippen LogP contribution in [0, 0.1) is 0 Å². The molecule has 0 bridgehead atoms. The molecule has 0 N–H and O–H groups in total. The summed E-state index contributed by atoms with van der Waals surface area (Å²) >= 11 is 3.32. The second-order valence-electron chi connectivity index (χ2n) is 6.58. The Balaban J connectivity index is 1.54. The molecule has 0 spiro atoms. The van der Waals surface area contributed by atoms with E-state index in [-0.39, 0.29) is 5.91 Å². The molecule has 1 amide bonds. The lowest BCUT2D eigenvalue weighted by Crippen LogP contribution is -2.51. The fourth-order valence-electron chi connectivity index (χ4n) is 3.32. The molecule has 2 fully saturated rings. The van der Waals surface area contributed by atoms with E-state index in [0.717, 1.165) is 30.4 Å². The summed E-state index contributed by atoms with van der Waals surface area (Å²) in [5, 5.41) is 0. The molecule has 6 nitrogen and oxygen atoms in total. The molecule has 2 saturated heterocycles. The van der Waals surface area contributed by atoms with Gasteiger partial charge in [-0.05, 0) is 43.5 Å². The number of halogens is 1. The molecule has 3 rings (SSSR count). The smallest absolute Gasteiger partial charge is 0.243 e. The van der Waals surface area contributed by atoms with E-state index in [9.17, 15) is 13.2 Å². The van der Waals surface area contributed by atoms with Crippen LogP contribution in [0.4, 0.5) is 0 Å². The minimum absolute atomic E-state index is 0.170. The van der Waals surface area contributed by atoms with E-state index in [2.05, 4.69) is 20.8 Å². The molecule has 1 aromatic carbocycles. The normalized spacial score (nSPS) is 20.6. The molecular formula is C17H24BrN3O3S. The summed E-state index contributed by atoms with van der Waals surface area (Å²) in [5.74, 6) is 0.170. The second-order valence-corrected chi connectivity index (χ2v) is 9.43. The van der Waals surface area contributed by atoms with Crippen molar-refractivity contribution < 1.29 is 13.2 Å². The topological polar surface area (TPSA) is 60.9 Å². The molecule has 0 aliphatic carbocycles. The van der Waals surface area contributed by atoms with Gasteiger partial charge in [-0.15, -0.1) is 0 Å². The monoisotopic (exact) mass is 429 g/mol. The van der Waals surface area contributed by atoms with E-state index < -0.39 is 10.0 Å². The molecule has 1 aromatic rings. The number of likely N-dealkylation sites (tertiary alicyclic amines) is 1. The maximum atomic E-state index is 12.7. The predicted molar refractivity (Wildman–Crippen MR) is 99.8 cm³/mol. The molecule has 138 valence electrons. The highest BCUT2D eigenvalue weighted by Gasteiger charge is 2.29. The molecule has 2 heterocycles. The Kier molecular flexibility index (Phi) is 6.14. The summed E-state index contributed by atoms with van der Waals surface area (Å²) in [5.41, 5.74) is 0. The fourth-order valence-corrected chi connectivity index (χ4v) is 5.00. The maximum absolute atomic E-state index is 12.7. The van der Waals surface area contributed by atoms with Gasteiger partial charge in [0, 0.05) is 43.7 Å². The van der Waals surface area contributed by atoms with Gasteiger partial charge >= 0.3 is 0 Å². The van der Waals surface area contributed by atoms with Crippen LogP contribution in [-0.4, -0.2) is 74.2 Å². The first kappa shape index (κ1) is 18.8. The molecule has 8 heteroatoms. The number of piperazine rings is 1. The molecule has 25 heavy (non-hydrogen) atoms. The highest BCUT2D eigenvalue weighted by Crippen LogP contribution is 2.20. The number of nitrogens with zero attached hydrogens (tertiary/aromatic N) is 3. The van der Waals surface area contributed by atoms with Crippen LogP contribution in [-0.2, 0) is 14.8 Å². The number of carbonyl (C=O) groups excluding carboxylic acids is 1. The third-order valence-corrected chi connectivity index (χ3v) is 7.29. The van der Waals surface area contributed by atoms with Crippen LogP contribution in [0.2, 0.25) is 0 Å². The first-order valence-corrected chi connectivity index (χ1v) is 11.0. The summed E-state index contributed by atoms with van der Waals surface area (Å²) < 4.78 is 27.7. The standard InChI is InChI=1S/C17H24BrN3O3S/c18-15-4-6-16(7-5-15)25(23,24)21-12-10-19(11-13-21)14-17(22)20-8-2-1-3-9-20/h4-7H,1-3,8-14H2. The van der Waals surface area contributed by atoms with Crippen LogP contribution in [0.3, 0.4) is 0 Å². The number of benzene rings is 1. The largest absolute Gasteiger partial charge is 0.342 e. The number of amides is 1. The van der Waals surface area contributed by atoms with Crippen molar-refractivity contribution >= 4 is 31.9 Å². The van der Waals surface area contributed by atoms with Crippen molar-refractivity contribution in [2.75, 3.05) is 45.8 Å². The lowest BCUT2D eigenvalue weighted by molar-refractivity contribution is -0.133. The Morgan fingerprint density at radius 1 is 0.920 bits per heavy atom. The number of rotatable bonds is 4. The summed E-state index contributed by atoms with van der Waals surface area (Å²) in [6.45, 7) is 4.14. The Labute approximate surface area is 158 Å². The maximum Gasteiger partial charge on any atom is 0.243 e. The van der Waals surface area contributed by atoms with Gasteiger partial charge in [-0.2, -0.15) is 4.31 Å². The molecule has 2 aliphatic heterocycles. The third-order valence-electron chi connectivity index (χ3n) is 4.85. The molecule has 0 radical (unpaired) electrons. The predicted octanol–water partition coefficient (Wildman–Crippen LogP) is 1.77. The van der Waals surface area contributed by atoms with Gasteiger partial charge in [0.15, 0.2) is 0 Å². The van der Waals surface area contributed by atoms with Crippen molar-refractivity contribution in [1.29, 1.82) is 0 Å². The van der Waals surface area contributed by atoms with Crippen molar-refractivity contribution in [1.82, 2.24) is 14.1 Å². The first-order valence-electron chi connectivity index (χ1n) is 8.73. The SMILES string of the molecule is O=C(CN1CCN(S(=O)(=O)c2ccc(Br)cc2)CC1)N1CCCCC1. The average Bonchev–Trinajstić information content (AvgIpc) is 2.63. The summed E-state index contributed by atoms with van der Waals surface area (Å²) in [7, 11) is -3.46. The molecule has 0 unspecified atom stereocenters. The van der Waals surface area contributed by atoms with Gasteiger partial charge in [0.05, 0.1) is 11.4 Å². The van der Waals surface area contributed by atoms with Gasteiger partial charge in [0.25, 0.3) is 0 Å². The van der Waals surface area contributed by atoms with Crippen molar-refractivity contribution in [3.05, 3.63) is 28.7 Å². The van der Waals surface area contributed by atoms with Crippen LogP contribution in [0.5, 0.6) is 0 Å². The van der Waals surface area contributed by atoms with E-state index in [1.165, 1.54) is 10.7 Å². The Morgan fingerprint density at radius 3 is 2.12 bits per heavy atom. The number of piperidine rings is 1. The highest BCUT2D eigenvalue weighted by atomic mass is 79.9. The summed E-state index contributed by atoms with van der Waals surface area (Å²) in [4.78, 5) is 16.7. The quantitative estimate of drug-likeness (QED) is 0.731. The van der Waals surface area contributed by atoms with Crippen LogP contribution >= 0.6 is 15.9 Å². The van der Waals surface area contributed by atoms with Crippen molar-refractivity contribution in [3.8, 4) is 0 Å².